The number of hydrogen-bond donors (Lipinski definition) is 1. The number of aromatic nitrogens is 1. The fraction of sp³-hybridized carbons (Fsp3) is 0.250. The van der Waals surface area contributed by atoms with Gasteiger partial charge in [-0.25, -0.2) is 4.39 Å². The fourth-order valence-electron chi connectivity index (χ4n) is 1.44. The average molecular weight is 269 g/mol. The van der Waals surface area contributed by atoms with Crippen molar-refractivity contribution in [2.75, 3.05) is 0 Å². The predicted molar refractivity (Wildman–Crippen MR) is 70.7 cm³/mol. The van der Waals surface area contributed by atoms with Crippen molar-refractivity contribution in [1.29, 1.82) is 0 Å². The molecule has 1 aromatic heterocycles. The van der Waals surface area contributed by atoms with Gasteiger partial charge in [0.2, 0.25) is 0 Å². The third-order valence-corrected chi connectivity index (χ3v) is 3.19. The Morgan fingerprint density at radius 2 is 2.18 bits per heavy atom. The first-order valence-electron chi connectivity index (χ1n) is 5.20. The monoisotopic (exact) mass is 269 g/mol. The van der Waals surface area contributed by atoms with E-state index in [4.69, 9.17) is 17.0 Å². The van der Waals surface area contributed by atoms with Gasteiger partial charge in [-0.15, -0.1) is 11.3 Å². The van der Waals surface area contributed by atoms with E-state index >= 15 is 0 Å². The van der Waals surface area contributed by atoms with Crippen LogP contribution in [0.3, 0.4) is 0 Å². The summed E-state index contributed by atoms with van der Waals surface area (Å²) in [5.74, 6) is -0.0840. The first-order chi connectivity index (χ1) is 8.06. The van der Waals surface area contributed by atoms with Crippen molar-refractivity contribution in [2.45, 2.75) is 20.0 Å². The van der Waals surface area contributed by atoms with Gasteiger partial charge in [-0.3, -0.25) is 0 Å². The SMILES string of the molecule is CC(C)Oc1ccc(-c2csc(=S)[nH]2)cc1F. The second-order valence-electron chi connectivity index (χ2n) is 3.87. The highest BCUT2D eigenvalue weighted by Gasteiger charge is 2.08. The predicted octanol–water partition coefficient (Wildman–Crippen LogP) is 4.40. The number of benzene rings is 1. The molecule has 1 aromatic carbocycles. The van der Waals surface area contributed by atoms with Crippen molar-refractivity contribution in [3.63, 3.8) is 0 Å². The summed E-state index contributed by atoms with van der Waals surface area (Å²) in [5, 5.41) is 1.88. The smallest absolute Gasteiger partial charge is 0.165 e. The van der Waals surface area contributed by atoms with Crippen LogP contribution >= 0.6 is 23.6 Å². The van der Waals surface area contributed by atoms with Crippen LogP contribution < -0.4 is 4.74 Å². The van der Waals surface area contributed by atoms with Gasteiger partial charge in [0.05, 0.1) is 11.8 Å². The lowest BCUT2D eigenvalue weighted by Crippen LogP contribution is -2.06. The Bertz CT molecular complexity index is 574. The number of aromatic amines is 1. The van der Waals surface area contributed by atoms with Crippen molar-refractivity contribution in [1.82, 2.24) is 4.98 Å². The summed E-state index contributed by atoms with van der Waals surface area (Å²) in [4.78, 5) is 3.01. The molecular formula is C12H12FNOS2. The third-order valence-electron chi connectivity index (χ3n) is 2.13. The largest absolute Gasteiger partial charge is 0.488 e. The van der Waals surface area contributed by atoms with Gasteiger partial charge in [-0.05, 0) is 44.3 Å². The lowest BCUT2D eigenvalue weighted by atomic mass is 10.1. The Morgan fingerprint density at radius 1 is 1.41 bits per heavy atom. The Morgan fingerprint density at radius 3 is 2.71 bits per heavy atom. The van der Waals surface area contributed by atoms with E-state index in [0.29, 0.717) is 3.95 Å². The molecule has 0 atom stereocenters. The zero-order valence-electron chi connectivity index (χ0n) is 9.49. The molecule has 0 bridgehead atoms. The fourth-order valence-corrected chi connectivity index (χ4v) is 2.28. The number of halogens is 1. The molecule has 90 valence electrons. The summed E-state index contributed by atoms with van der Waals surface area (Å²) in [5.41, 5.74) is 1.60. The first-order valence-corrected chi connectivity index (χ1v) is 6.49. The van der Waals surface area contributed by atoms with Crippen LogP contribution in [0, 0.1) is 9.77 Å². The molecule has 1 heterocycles. The molecule has 2 nitrogen and oxygen atoms in total. The van der Waals surface area contributed by atoms with E-state index in [0.717, 1.165) is 11.3 Å². The van der Waals surface area contributed by atoms with Crippen LogP contribution in [-0.4, -0.2) is 11.1 Å². The van der Waals surface area contributed by atoms with Crippen LogP contribution in [0.15, 0.2) is 23.6 Å². The summed E-state index contributed by atoms with van der Waals surface area (Å²) in [6.07, 6.45) is -0.0395. The maximum absolute atomic E-state index is 13.7. The van der Waals surface area contributed by atoms with Gasteiger partial charge in [0.15, 0.2) is 15.5 Å². The average Bonchev–Trinajstić information content (AvgIpc) is 2.67. The number of H-pyrrole nitrogens is 1. The Kier molecular flexibility index (Phi) is 3.59. The quantitative estimate of drug-likeness (QED) is 0.835. The maximum atomic E-state index is 13.7. The number of thiazole rings is 1. The van der Waals surface area contributed by atoms with Crippen LogP contribution in [0.2, 0.25) is 0 Å². The van der Waals surface area contributed by atoms with Gasteiger partial charge in [-0.1, -0.05) is 0 Å². The normalized spacial score (nSPS) is 10.8. The maximum Gasteiger partial charge on any atom is 0.165 e. The van der Waals surface area contributed by atoms with Crippen molar-refractivity contribution >= 4 is 23.6 Å². The van der Waals surface area contributed by atoms with Crippen molar-refractivity contribution < 1.29 is 9.13 Å². The Labute approximate surface area is 108 Å². The summed E-state index contributed by atoms with van der Waals surface area (Å²) in [6, 6.07) is 4.90. The van der Waals surface area contributed by atoms with Crippen LogP contribution in [0.1, 0.15) is 13.8 Å². The van der Waals surface area contributed by atoms with Gasteiger partial charge in [0, 0.05) is 10.9 Å². The number of hydrogen-bond acceptors (Lipinski definition) is 3. The lowest BCUT2D eigenvalue weighted by Gasteiger charge is -2.10. The Hall–Kier alpha value is -1.20. The highest BCUT2D eigenvalue weighted by atomic mass is 32.1. The van der Waals surface area contributed by atoms with E-state index in [2.05, 4.69) is 4.98 Å². The molecule has 2 rings (SSSR count). The molecular weight excluding hydrogens is 257 g/mol. The molecule has 1 N–H and O–H groups in total. The van der Waals surface area contributed by atoms with Gasteiger partial charge in [0.25, 0.3) is 0 Å². The summed E-state index contributed by atoms with van der Waals surface area (Å²) in [7, 11) is 0. The molecule has 0 aliphatic carbocycles. The highest BCUT2D eigenvalue weighted by molar-refractivity contribution is 7.73. The van der Waals surface area contributed by atoms with E-state index in [1.54, 1.807) is 6.07 Å². The zero-order valence-corrected chi connectivity index (χ0v) is 11.1. The standard InChI is InChI=1S/C12H12FNOS2/c1-7(2)15-11-4-3-8(5-9(11)13)10-6-17-12(16)14-10/h3-7H,1-2H3,(H,14,16). The van der Waals surface area contributed by atoms with Crippen molar-refractivity contribution in [3.8, 4) is 17.0 Å². The van der Waals surface area contributed by atoms with Crippen LogP contribution in [0.5, 0.6) is 5.75 Å². The second kappa shape index (κ2) is 4.98. The van der Waals surface area contributed by atoms with Crippen LogP contribution in [0.25, 0.3) is 11.3 Å². The number of nitrogens with one attached hydrogen (secondary N) is 1. The molecule has 0 saturated carbocycles. The topological polar surface area (TPSA) is 25.0 Å². The molecule has 0 radical (unpaired) electrons. The number of rotatable bonds is 3. The molecule has 0 aliphatic heterocycles. The van der Waals surface area contributed by atoms with Crippen molar-refractivity contribution in [2.24, 2.45) is 0 Å². The minimum absolute atomic E-state index is 0.0395. The molecule has 0 spiro atoms. The van der Waals surface area contributed by atoms with Gasteiger partial charge < -0.3 is 9.72 Å². The minimum Gasteiger partial charge on any atom is -0.488 e. The van der Waals surface area contributed by atoms with Gasteiger partial charge >= 0.3 is 0 Å². The molecule has 17 heavy (non-hydrogen) atoms. The molecule has 5 heteroatoms. The van der Waals surface area contributed by atoms with E-state index < -0.39 is 0 Å². The summed E-state index contributed by atoms with van der Waals surface area (Å²) >= 11 is 6.42. The number of ether oxygens (including phenoxy) is 1. The van der Waals surface area contributed by atoms with E-state index in [9.17, 15) is 4.39 Å². The summed E-state index contributed by atoms with van der Waals surface area (Å²) < 4.78 is 19.8. The Balaban J connectivity index is 2.33. The first kappa shape index (κ1) is 12.3. The molecule has 2 aromatic rings. The lowest BCUT2D eigenvalue weighted by molar-refractivity contribution is 0.231. The zero-order chi connectivity index (χ0) is 12.4. The third kappa shape index (κ3) is 2.92. The molecule has 0 amide bonds. The molecule has 0 saturated heterocycles. The summed E-state index contributed by atoms with van der Waals surface area (Å²) in [6.45, 7) is 3.73. The van der Waals surface area contributed by atoms with E-state index in [-0.39, 0.29) is 17.7 Å². The van der Waals surface area contributed by atoms with Gasteiger partial charge in [-0.2, -0.15) is 0 Å². The van der Waals surface area contributed by atoms with E-state index in [1.807, 2.05) is 25.3 Å². The molecule has 0 aliphatic rings. The van der Waals surface area contributed by atoms with Crippen LogP contribution in [-0.2, 0) is 0 Å². The molecule has 0 fully saturated rings. The molecule has 0 unspecified atom stereocenters. The van der Waals surface area contributed by atoms with E-state index in [1.165, 1.54) is 17.4 Å². The highest BCUT2D eigenvalue weighted by Crippen LogP contribution is 2.26. The second-order valence-corrected chi connectivity index (χ2v) is 5.42. The minimum atomic E-state index is -0.360. The van der Waals surface area contributed by atoms with Crippen molar-refractivity contribution in [3.05, 3.63) is 33.4 Å². The van der Waals surface area contributed by atoms with Crippen LogP contribution in [0.4, 0.5) is 4.39 Å². The van der Waals surface area contributed by atoms with Gasteiger partial charge in [0.1, 0.15) is 0 Å².